The molecule has 2 aromatic rings. The fourth-order valence-electron chi connectivity index (χ4n) is 2.20. The lowest BCUT2D eigenvalue weighted by molar-refractivity contribution is -0.384. The number of amides is 1. The quantitative estimate of drug-likeness (QED) is 0.497. The van der Waals surface area contributed by atoms with Crippen LogP contribution in [0, 0.1) is 16.0 Å². The van der Waals surface area contributed by atoms with E-state index >= 15 is 0 Å². The summed E-state index contributed by atoms with van der Waals surface area (Å²) < 4.78 is 1.52. The molecule has 0 spiro atoms. The van der Waals surface area contributed by atoms with Gasteiger partial charge in [-0.3, -0.25) is 14.9 Å². The lowest BCUT2D eigenvalue weighted by Gasteiger charge is -2.11. The van der Waals surface area contributed by atoms with E-state index in [9.17, 15) is 14.9 Å². The van der Waals surface area contributed by atoms with Crippen LogP contribution < -0.4 is 5.32 Å². The molecule has 1 heterocycles. The topological polar surface area (TPSA) is 85.1 Å². The summed E-state index contributed by atoms with van der Waals surface area (Å²) in [6.45, 7) is 2.04. The number of rotatable bonds is 6. The fourth-order valence-corrected chi connectivity index (χ4v) is 4.12. The Balaban J connectivity index is 1.61. The van der Waals surface area contributed by atoms with E-state index < -0.39 is 4.92 Å². The molecular weight excluding hydrogens is 322 g/mol. The maximum absolute atomic E-state index is 11.9. The summed E-state index contributed by atoms with van der Waals surface area (Å²) in [7, 11) is 0. The first-order valence-corrected chi connectivity index (χ1v) is 8.80. The number of carbonyl (C=O) groups is 1. The van der Waals surface area contributed by atoms with Gasteiger partial charge in [0.05, 0.1) is 20.9 Å². The highest BCUT2D eigenvalue weighted by Gasteiger charge is 2.28. The van der Waals surface area contributed by atoms with Crippen molar-refractivity contribution < 1.29 is 9.72 Å². The lowest BCUT2D eigenvalue weighted by Crippen LogP contribution is -2.35. The predicted molar refractivity (Wildman–Crippen MR) is 87.3 cm³/mol. The number of thioether (sulfide) groups is 1. The average Bonchev–Trinajstić information content (AvgIpc) is 3.24. The first-order chi connectivity index (χ1) is 10.5. The van der Waals surface area contributed by atoms with Crippen molar-refractivity contribution in [3.63, 3.8) is 0 Å². The number of nitro groups is 1. The monoisotopic (exact) mass is 337 g/mol. The van der Waals surface area contributed by atoms with Crippen LogP contribution in [0.5, 0.6) is 0 Å². The predicted octanol–water partition coefficient (Wildman–Crippen LogP) is 3.21. The largest absolute Gasteiger partial charge is 0.353 e. The fraction of sp³-hybridized carbons (Fsp3) is 0.429. The zero-order valence-corrected chi connectivity index (χ0v) is 13.6. The highest BCUT2D eigenvalue weighted by molar-refractivity contribution is 8.01. The third kappa shape index (κ3) is 3.56. The Hall–Kier alpha value is -1.67. The number of nitrogens with one attached hydrogen (secondary N) is 1. The molecule has 22 heavy (non-hydrogen) atoms. The van der Waals surface area contributed by atoms with Gasteiger partial charge in [0.2, 0.25) is 5.91 Å². The van der Waals surface area contributed by atoms with Gasteiger partial charge in [-0.05, 0) is 31.7 Å². The second-order valence-corrected chi connectivity index (χ2v) is 7.62. The van der Waals surface area contributed by atoms with Crippen LogP contribution in [0.2, 0.25) is 0 Å². The molecule has 0 aliphatic heterocycles. The normalized spacial score (nSPS) is 15.7. The maximum atomic E-state index is 11.9. The molecule has 3 rings (SSSR count). The maximum Gasteiger partial charge on any atom is 0.270 e. The first kappa shape index (κ1) is 15.2. The van der Waals surface area contributed by atoms with E-state index in [-0.39, 0.29) is 17.6 Å². The smallest absolute Gasteiger partial charge is 0.270 e. The third-order valence-electron chi connectivity index (χ3n) is 3.61. The molecule has 116 valence electrons. The Morgan fingerprint density at radius 1 is 1.59 bits per heavy atom. The molecule has 0 bridgehead atoms. The minimum atomic E-state index is -0.418. The molecule has 0 radical (unpaired) electrons. The molecule has 1 aromatic carbocycles. The second-order valence-electron chi connectivity index (χ2n) is 5.37. The van der Waals surface area contributed by atoms with E-state index in [1.54, 1.807) is 6.07 Å². The van der Waals surface area contributed by atoms with Crippen LogP contribution in [0.4, 0.5) is 5.69 Å². The van der Waals surface area contributed by atoms with Crippen molar-refractivity contribution in [1.82, 2.24) is 10.3 Å². The summed E-state index contributed by atoms with van der Waals surface area (Å²) in [5, 5.41) is 13.8. The molecule has 1 amide bonds. The van der Waals surface area contributed by atoms with Crippen molar-refractivity contribution in [1.29, 1.82) is 0 Å². The van der Waals surface area contributed by atoms with Gasteiger partial charge in [0, 0.05) is 18.2 Å². The van der Waals surface area contributed by atoms with Crippen LogP contribution >= 0.6 is 23.1 Å². The summed E-state index contributed by atoms with van der Waals surface area (Å²) in [5.74, 6) is 0.963. The number of nitro benzene ring substituents is 1. The molecule has 1 atom stereocenters. The summed E-state index contributed by atoms with van der Waals surface area (Å²) >= 11 is 2.74. The number of non-ortho nitro benzene ring substituents is 1. The van der Waals surface area contributed by atoms with Gasteiger partial charge >= 0.3 is 0 Å². The Bertz CT molecular complexity index is 727. The second kappa shape index (κ2) is 6.21. The number of carbonyl (C=O) groups excluding carboxylic acids is 1. The van der Waals surface area contributed by atoms with Crippen molar-refractivity contribution >= 4 is 44.9 Å². The van der Waals surface area contributed by atoms with E-state index in [0.717, 1.165) is 14.6 Å². The van der Waals surface area contributed by atoms with E-state index in [4.69, 9.17) is 0 Å². The molecule has 8 heteroatoms. The van der Waals surface area contributed by atoms with Gasteiger partial charge in [0.25, 0.3) is 5.69 Å². The minimum Gasteiger partial charge on any atom is -0.353 e. The SMILES string of the molecule is C[C@H](NC(=O)CSc1nc2ccc([N+](=O)[O-])cc2s1)C1CC1. The Morgan fingerprint density at radius 3 is 3.05 bits per heavy atom. The van der Waals surface area contributed by atoms with Crippen molar-refractivity contribution in [2.75, 3.05) is 5.75 Å². The molecule has 1 fully saturated rings. The molecule has 1 N–H and O–H groups in total. The van der Waals surface area contributed by atoms with Crippen LogP contribution in [-0.4, -0.2) is 27.6 Å². The molecule has 1 saturated carbocycles. The van der Waals surface area contributed by atoms with Crippen LogP contribution in [-0.2, 0) is 4.79 Å². The highest BCUT2D eigenvalue weighted by Crippen LogP contribution is 2.33. The van der Waals surface area contributed by atoms with Gasteiger partial charge < -0.3 is 5.32 Å². The van der Waals surface area contributed by atoms with Crippen LogP contribution in [0.3, 0.4) is 0 Å². The van der Waals surface area contributed by atoms with Crippen LogP contribution in [0.15, 0.2) is 22.5 Å². The van der Waals surface area contributed by atoms with Gasteiger partial charge in [-0.1, -0.05) is 11.8 Å². The summed E-state index contributed by atoms with van der Waals surface area (Å²) in [4.78, 5) is 26.6. The Kier molecular flexibility index (Phi) is 4.30. The number of thiazole rings is 1. The van der Waals surface area contributed by atoms with Crippen molar-refractivity contribution in [3.8, 4) is 0 Å². The Labute approximate surface area is 135 Å². The van der Waals surface area contributed by atoms with E-state index in [1.807, 2.05) is 6.92 Å². The third-order valence-corrected chi connectivity index (χ3v) is 5.77. The summed E-state index contributed by atoms with van der Waals surface area (Å²) in [6.07, 6.45) is 2.40. The molecule has 6 nitrogen and oxygen atoms in total. The van der Waals surface area contributed by atoms with Gasteiger partial charge in [-0.2, -0.15) is 0 Å². The number of hydrogen-bond acceptors (Lipinski definition) is 6. The highest BCUT2D eigenvalue weighted by atomic mass is 32.2. The first-order valence-electron chi connectivity index (χ1n) is 7.00. The van der Waals surface area contributed by atoms with Crippen LogP contribution in [0.1, 0.15) is 19.8 Å². The molecule has 1 aromatic heterocycles. The van der Waals surface area contributed by atoms with Gasteiger partial charge in [0.1, 0.15) is 0 Å². The van der Waals surface area contributed by atoms with Crippen molar-refractivity contribution in [2.24, 2.45) is 5.92 Å². The van der Waals surface area contributed by atoms with Gasteiger partial charge in [-0.15, -0.1) is 11.3 Å². The molecule has 1 aliphatic carbocycles. The lowest BCUT2D eigenvalue weighted by atomic mass is 10.2. The van der Waals surface area contributed by atoms with Gasteiger partial charge in [0.15, 0.2) is 4.34 Å². The van der Waals surface area contributed by atoms with Crippen molar-refractivity contribution in [2.45, 2.75) is 30.1 Å². The number of nitrogens with zero attached hydrogens (tertiary/aromatic N) is 2. The van der Waals surface area contributed by atoms with E-state index in [2.05, 4.69) is 10.3 Å². The zero-order chi connectivity index (χ0) is 15.7. The molecule has 0 saturated heterocycles. The number of hydrogen-bond donors (Lipinski definition) is 1. The van der Waals surface area contributed by atoms with Crippen molar-refractivity contribution in [3.05, 3.63) is 28.3 Å². The summed E-state index contributed by atoms with van der Waals surface area (Å²) in [5.41, 5.74) is 0.786. The van der Waals surface area contributed by atoms with E-state index in [0.29, 0.717) is 11.7 Å². The van der Waals surface area contributed by atoms with Crippen LogP contribution in [0.25, 0.3) is 10.2 Å². The summed E-state index contributed by atoms with van der Waals surface area (Å²) in [6, 6.07) is 4.85. The Morgan fingerprint density at radius 2 is 2.36 bits per heavy atom. The molecule has 1 aliphatic rings. The number of fused-ring (bicyclic) bond motifs is 1. The molecular formula is C14H15N3O3S2. The number of aromatic nitrogens is 1. The standard InChI is InChI=1S/C14H15N3O3S2/c1-8(9-2-3-9)15-13(18)7-21-14-16-11-5-4-10(17(19)20)6-12(11)22-14/h4-6,8-9H,2-3,7H2,1H3,(H,15,18)/t8-/m0/s1. The zero-order valence-electron chi connectivity index (χ0n) is 11.9. The minimum absolute atomic E-state index is 0.00892. The average molecular weight is 337 g/mol. The van der Waals surface area contributed by atoms with E-state index in [1.165, 1.54) is 48.1 Å². The molecule has 0 unspecified atom stereocenters. The number of benzene rings is 1. The van der Waals surface area contributed by atoms with Gasteiger partial charge in [-0.25, -0.2) is 4.98 Å².